The van der Waals surface area contributed by atoms with E-state index in [9.17, 15) is 0 Å². The number of nitriles is 1. The van der Waals surface area contributed by atoms with Crippen molar-refractivity contribution in [1.29, 1.82) is 5.26 Å². The summed E-state index contributed by atoms with van der Waals surface area (Å²) in [4.78, 5) is 4.20. The van der Waals surface area contributed by atoms with E-state index in [1.807, 2.05) is 41.2 Å². The third-order valence-electron chi connectivity index (χ3n) is 3.23. The van der Waals surface area contributed by atoms with Gasteiger partial charge in [0.25, 0.3) is 0 Å². The summed E-state index contributed by atoms with van der Waals surface area (Å²) < 4.78 is 1.89. The Hall–Kier alpha value is -3.13. The number of benzene rings is 1. The Bertz CT molecular complexity index is 787. The molecule has 5 nitrogen and oxygen atoms in total. The summed E-state index contributed by atoms with van der Waals surface area (Å²) in [7, 11) is 0. The highest BCUT2D eigenvalue weighted by Gasteiger charge is 2.00. The van der Waals surface area contributed by atoms with Crippen molar-refractivity contribution in [3.63, 3.8) is 0 Å². The number of pyridine rings is 1. The Morgan fingerprint density at radius 1 is 1.09 bits per heavy atom. The predicted octanol–water partition coefficient (Wildman–Crippen LogP) is 2.81. The lowest BCUT2D eigenvalue weighted by Gasteiger charge is -2.08. The quantitative estimate of drug-likeness (QED) is 0.784. The van der Waals surface area contributed by atoms with Gasteiger partial charge in [-0.05, 0) is 29.3 Å². The number of nitrogens with zero attached hydrogens (tertiary/aromatic N) is 4. The van der Waals surface area contributed by atoms with Gasteiger partial charge in [0.2, 0.25) is 0 Å². The van der Waals surface area contributed by atoms with Gasteiger partial charge in [-0.1, -0.05) is 30.3 Å². The maximum atomic E-state index is 8.86. The standard InChI is InChI=1S/C17H15N5/c18-11-16-6-2-7-17(21-16)19-12-14-4-1-5-15(10-14)13-22-9-3-8-20-22/h1-10H,12-13H2,(H,19,21). The van der Waals surface area contributed by atoms with Gasteiger partial charge in [-0.3, -0.25) is 4.68 Å². The van der Waals surface area contributed by atoms with E-state index in [4.69, 9.17) is 5.26 Å². The van der Waals surface area contributed by atoms with E-state index in [1.54, 1.807) is 12.3 Å². The highest BCUT2D eigenvalue weighted by Crippen LogP contribution is 2.10. The minimum absolute atomic E-state index is 0.414. The molecule has 0 bridgehead atoms. The molecule has 0 amide bonds. The number of nitrogens with one attached hydrogen (secondary N) is 1. The monoisotopic (exact) mass is 289 g/mol. The molecule has 0 saturated carbocycles. The molecule has 3 rings (SSSR count). The van der Waals surface area contributed by atoms with Gasteiger partial charge in [0.15, 0.2) is 0 Å². The summed E-state index contributed by atoms with van der Waals surface area (Å²) in [6.45, 7) is 1.41. The Morgan fingerprint density at radius 3 is 2.77 bits per heavy atom. The van der Waals surface area contributed by atoms with Gasteiger partial charge in [-0.15, -0.1) is 0 Å². The first-order valence-electron chi connectivity index (χ1n) is 7.00. The minimum Gasteiger partial charge on any atom is -0.366 e. The van der Waals surface area contributed by atoms with Crippen LogP contribution in [0.5, 0.6) is 0 Å². The molecule has 0 atom stereocenters. The fourth-order valence-corrected chi connectivity index (χ4v) is 2.21. The van der Waals surface area contributed by atoms with Crippen molar-refractivity contribution in [1.82, 2.24) is 14.8 Å². The molecule has 0 fully saturated rings. The predicted molar refractivity (Wildman–Crippen MR) is 84.0 cm³/mol. The van der Waals surface area contributed by atoms with E-state index in [2.05, 4.69) is 33.6 Å². The van der Waals surface area contributed by atoms with Crippen molar-refractivity contribution in [2.45, 2.75) is 13.1 Å². The smallest absolute Gasteiger partial charge is 0.142 e. The van der Waals surface area contributed by atoms with Crippen molar-refractivity contribution in [3.8, 4) is 6.07 Å². The van der Waals surface area contributed by atoms with Crippen LogP contribution >= 0.6 is 0 Å². The molecule has 0 aliphatic heterocycles. The molecule has 0 spiro atoms. The van der Waals surface area contributed by atoms with E-state index in [0.717, 1.165) is 12.1 Å². The van der Waals surface area contributed by atoms with Gasteiger partial charge in [0, 0.05) is 18.9 Å². The molecular weight excluding hydrogens is 274 g/mol. The average molecular weight is 289 g/mol. The summed E-state index contributed by atoms with van der Waals surface area (Å²) in [5, 5.41) is 16.3. The van der Waals surface area contributed by atoms with Crippen molar-refractivity contribution in [2.75, 3.05) is 5.32 Å². The maximum absolute atomic E-state index is 8.86. The van der Waals surface area contributed by atoms with E-state index >= 15 is 0 Å². The second-order valence-electron chi connectivity index (χ2n) is 4.90. The zero-order valence-electron chi connectivity index (χ0n) is 12.0. The first-order chi connectivity index (χ1) is 10.8. The Morgan fingerprint density at radius 2 is 1.95 bits per heavy atom. The number of aromatic nitrogens is 3. The normalized spacial score (nSPS) is 10.1. The van der Waals surface area contributed by atoms with Gasteiger partial charge >= 0.3 is 0 Å². The fourth-order valence-electron chi connectivity index (χ4n) is 2.21. The SMILES string of the molecule is N#Cc1cccc(NCc2cccc(Cn3cccn3)c2)n1. The molecule has 0 aliphatic rings. The van der Waals surface area contributed by atoms with Crippen LogP contribution < -0.4 is 5.32 Å². The number of hydrogen-bond acceptors (Lipinski definition) is 4. The lowest BCUT2D eigenvalue weighted by atomic mass is 10.1. The molecule has 0 radical (unpaired) electrons. The minimum atomic E-state index is 0.414. The molecule has 0 aliphatic carbocycles. The van der Waals surface area contributed by atoms with Crippen LogP contribution in [0.2, 0.25) is 0 Å². The van der Waals surface area contributed by atoms with Crippen LogP contribution in [0, 0.1) is 11.3 Å². The van der Waals surface area contributed by atoms with Gasteiger partial charge in [-0.25, -0.2) is 4.98 Å². The van der Waals surface area contributed by atoms with Gasteiger partial charge in [0.05, 0.1) is 6.54 Å². The molecule has 0 saturated heterocycles. The van der Waals surface area contributed by atoms with E-state index in [1.165, 1.54) is 5.56 Å². The largest absolute Gasteiger partial charge is 0.366 e. The molecule has 1 N–H and O–H groups in total. The average Bonchev–Trinajstić information content (AvgIpc) is 3.06. The topological polar surface area (TPSA) is 66.5 Å². The first-order valence-corrected chi connectivity index (χ1v) is 7.00. The summed E-state index contributed by atoms with van der Waals surface area (Å²) >= 11 is 0. The summed E-state index contributed by atoms with van der Waals surface area (Å²) in [6.07, 6.45) is 3.72. The fraction of sp³-hybridized carbons (Fsp3) is 0.118. The van der Waals surface area contributed by atoms with Crippen LogP contribution in [-0.2, 0) is 13.1 Å². The molecule has 2 aromatic heterocycles. The van der Waals surface area contributed by atoms with Crippen LogP contribution in [0.4, 0.5) is 5.82 Å². The zero-order chi connectivity index (χ0) is 15.2. The highest BCUT2D eigenvalue weighted by atomic mass is 15.3. The molecule has 3 aromatic rings. The van der Waals surface area contributed by atoms with Crippen molar-refractivity contribution >= 4 is 5.82 Å². The maximum Gasteiger partial charge on any atom is 0.142 e. The van der Waals surface area contributed by atoms with Crippen LogP contribution in [0.1, 0.15) is 16.8 Å². The van der Waals surface area contributed by atoms with Crippen LogP contribution in [0.15, 0.2) is 60.9 Å². The molecular formula is C17H15N5. The number of anilines is 1. The summed E-state index contributed by atoms with van der Waals surface area (Å²) in [5.41, 5.74) is 2.77. The second-order valence-corrected chi connectivity index (χ2v) is 4.90. The molecule has 2 heterocycles. The summed E-state index contributed by atoms with van der Waals surface area (Å²) in [6, 6.07) is 17.6. The van der Waals surface area contributed by atoms with Crippen molar-refractivity contribution < 1.29 is 0 Å². The van der Waals surface area contributed by atoms with Crippen LogP contribution in [0.25, 0.3) is 0 Å². The summed E-state index contributed by atoms with van der Waals surface area (Å²) in [5.74, 6) is 0.705. The third-order valence-corrected chi connectivity index (χ3v) is 3.23. The van der Waals surface area contributed by atoms with E-state index in [-0.39, 0.29) is 0 Å². The van der Waals surface area contributed by atoms with Crippen molar-refractivity contribution in [2.24, 2.45) is 0 Å². The molecule has 5 heteroatoms. The van der Waals surface area contributed by atoms with Gasteiger partial charge in [0.1, 0.15) is 17.6 Å². The van der Waals surface area contributed by atoms with E-state index in [0.29, 0.717) is 18.1 Å². The Balaban J connectivity index is 1.66. The Labute approximate surface area is 128 Å². The lowest BCUT2D eigenvalue weighted by Crippen LogP contribution is -2.04. The Kier molecular flexibility index (Phi) is 4.12. The molecule has 108 valence electrons. The molecule has 1 aromatic carbocycles. The number of rotatable bonds is 5. The highest BCUT2D eigenvalue weighted by molar-refractivity contribution is 5.39. The second kappa shape index (κ2) is 6.55. The van der Waals surface area contributed by atoms with Crippen LogP contribution in [-0.4, -0.2) is 14.8 Å². The third kappa shape index (κ3) is 3.49. The van der Waals surface area contributed by atoms with Gasteiger partial charge < -0.3 is 5.32 Å². The molecule has 0 unspecified atom stereocenters. The number of hydrogen-bond donors (Lipinski definition) is 1. The van der Waals surface area contributed by atoms with Crippen LogP contribution in [0.3, 0.4) is 0 Å². The van der Waals surface area contributed by atoms with E-state index < -0.39 is 0 Å². The first kappa shape index (κ1) is 13.8. The lowest BCUT2D eigenvalue weighted by molar-refractivity contribution is 0.686. The zero-order valence-corrected chi connectivity index (χ0v) is 12.0. The van der Waals surface area contributed by atoms with Gasteiger partial charge in [-0.2, -0.15) is 10.4 Å². The molecule has 22 heavy (non-hydrogen) atoms. The van der Waals surface area contributed by atoms with Crippen molar-refractivity contribution in [3.05, 3.63) is 77.7 Å².